The van der Waals surface area contributed by atoms with E-state index in [-0.39, 0.29) is 50.9 Å². The summed E-state index contributed by atoms with van der Waals surface area (Å²) in [5, 5.41) is 23.9. The van der Waals surface area contributed by atoms with Crippen LogP contribution in [0.2, 0.25) is 0 Å². The van der Waals surface area contributed by atoms with Crippen molar-refractivity contribution in [2.45, 2.75) is 130 Å². The number of amides is 4. The second-order valence-corrected chi connectivity index (χ2v) is 15.9. The van der Waals surface area contributed by atoms with Gasteiger partial charge in [0, 0.05) is 26.2 Å². The maximum Gasteiger partial charge on any atom is 0.411 e. The van der Waals surface area contributed by atoms with E-state index in [1.54, 1.807) is 83.1 Å². The fourth-order valence-corrected chi connectivity index (χ4v) is 4.74. The molecular formula is C32H56N4O12. The van der Waals surface area contributed by atoms with E-state index in [0.29, 0.717) is 0 Å². The van der Waals surface area contributed by atoms with Crippen LogP contribution in [0.25, 0.3) is 0 Å². The molecule has 0 aromatic rings. The van der Waals surface area contributed by atoms with E-state index in [2.05, 4.69) is 10.6 Å². The first-order valence-electron chi connectivity index (χ1n) is 16.0. The van der Waals surface area contributed by atoms with Crippen molar-refractivity contribution in [2.75, 3.05) is 26.2 Å². The zero-order valence-electron chi connectivity index (χ0n) is 30.4. The minimum atomic E-state index is -1.08. The molecule has 0 saturated carbocycles. The summed E-state index contributed by atoms with van der Waals surface area (Å²) in [5.74, 6) is -2.52. The topological polar surface area (TPSA) is 210 Å². The number of ether oxygens (including phenoxy) is 4. The van der Waals surface area contributed by atoms with Gasteiger partial charge in [-0.25, -0.2) is 28.8 Å². The SMILES string of the molecule is CC(C)(C)OC(=O)NCC1C[C@@H](C(=O)O)N(C(=O)OC(C)(C)C)C1.CC(C)(C)OC(=O)NCC1C[C@H](C(=O)O)N(C(=O)OC(C)(C)C)C1. The van der Waals surface area contributed by atoms with Gasteiger partial charge in [-0.1, -0.05) is 0 Å². The summed E-state index contributed by atoms with van der Waals surface area (Å²) >= 11 is 0. The van der Waals surface area contributed by atoms with Crippen LogP contribution in [0.5, 0.6) is 0 Å². The highest BCUT2D eigenvalue weighted by molar-refractivity contribution is 5.81. The standard InChI is InChI=1S/2C16H28N2O6/c2*1-15(2,3)23-13(21)17-8-10-7-11(12(19)20)18(9-10)14(22)24-16(4,5)6/h2*10-11H,7-9H2,1-6H3,(H,17,21)(H,19,20)/t2*10?,11-/m10/s1. The number of alkyl carbamates (subject to hydrolysis) is 2. The number of nitrogens with one attached hydrogen (secondary N) is 2. The Kier molecular flexibility index (Phi) is 14.4. The summed E-state index contributed by atoms with van der Waals surface area (Å²) < 4.78 is 20.8. The summed E-state index contributed by atoms with van der Waals surface area (Å²) in [6.07, 6.45) is -1.94. The van der Waals surface area contributed by atoms with E-state index in [9.17, 15) is 39.0 Å². The van der Waals surface area contributed by atoms with Crippen LogP contribution in [0.3, 0.4) is 0 Å². The number of rotatable bonds is 6. The van der Waals surface area contributed by atoms with Crippen LogP contribution in [-0.4, -0.2) is 117 Å². The van der Waals surface area contributed by atoms with Crippen LogP contribution < -0.4 is 10.6 Å². The lowest BCUT2D eigenvalue weighted by Crippen LogP contribution is -2.43. The van der Waals surface area contributed by atoms with E-state index in [0.717, 1.165) is 0 Å². The molecule has 0 radical (unpaired) electrons. The first kappa shape index (κ1) is 42.0. The maximum atomic E-state index is 12.2. The predicted octanol–water partition coefficient (Wildman–Crippen LogP) is 4.44. The fraction of sp³-hybridized carbons (Fsp3) is 0.812. The monoisotopic (exact) mass is 688 g/mol. The fourth-order valence-electron chi connectivity index (χ4n) is 4.74. The number of likely N-dealkylation sites (tertiary alicyclic amines) is 2. The molecule has 0 aliphatic carbocycles. The molecular weight excluding hydrogens is 632 g/mol. The Hall–Kier alpha value is -3.98. The molecule has 4 N–H and O–H groups in total. The first-order valence-corrected chi connectivity index (χ1v) is 16.0. The number of carboxylic acids is 2. The van der Waals surface area contributed by atoms with Gasteiger partial charge in [0.15, 0.2) is 0 Å². The molecule has 2 saturated heterocycles. The van der Waals surface area contributed by atoms with Gasteiger partial charge >= 0.3 is 36.3 Å². The minimum Gasteiger partial charge on any atom is -0.480 e. The zero-order chi connectivity index (χ0) is 37.4. The molecule has 48 heavy (non-hydrogen) atoms. The molecule has 4 atom stereocenters. The van der Waals surface area contributed by atoms with Crippen molar-refractivity contribution in [3.63, 3.8) is 0 Å². The quantitative estimate of drug-likeness (QED) is 0.285. The van der Waals surface area contributed by atoms with E-state index in [4.69, 9.17) is 18.9 Å². The van der Waals surface area contributed by atoms with Gasteiger partial charge in [0.25, 0.3) is 0 Å². The number of hydrogen-bond acceptors (Lipinski definition) is 10. The third-order valence-corrected chi connectivity index (χ3v) is 6.47. The molecule has 2 fully saturated rings. The van der Waals surface area contributed by atoms with Crippen molar-refractivity contribution in [2.24, 2.45) is 11.8 Å². The number of carbonyl (C=O) groups is 6. The highest BCUT2D eigenvalue weighted by Crippen LogP contribution is 2.27. The Labute approximate surface area is 283 Å². The molecule has 276 valence electrons. The summed E-state index contributed by atoms with van der Waals surface area (Å²) in [5.41, 5.74) is -2.61. The average Bonchev–Trinajstić information content (AvgIpc) is 3.48. The Balaban J connectivity index is 0.000000480. The average molecular weight is 689 g/mol. The second-order valence-electron chi connectivity index (χ2n) is 15.9. The molecule has 2 unspecified atom stereocenters. The van der Waals surface area contributed by atoms with E-state index in [1.807, 2.05) is 0 Å². The largest absolute Gasteiger partial charge is 0.480 e. The molecule has 2 aliphatic rings. The summed E-state index contributed by atoms with van der Waals surface area (Å²) in [6.45, 7) is 21.8. The number of hydrogen-bond donors (Lipinski definition) is 4. The Morgan fingerprint density at radius 3 is 1.04 bits per heavy atom. The van der Waals surface area contributed by atoms with Crippen LogP contribution in [-0.2, 0) is 28.5 Å². The Morgan fingerprint density at radius 1 is 0.542 bits per heavy atom. The molecule has 2 heterocycles. The molecule has 16 nitrogen and oxygen atoms in total. The lowest BCUT2D eigenvalue weighted by atomic mass is 10.1. The van der Waals surface area contributed by atoms with Crippen molar-refractivity contribution in [1.29, 1.82) is 0 Å². The molecule has 2 aliphatic heterocycles. The predicted molar refractivity (Wildman–Crippen MR) is 173 cm³/mol. The highest BCUT2D eigenvalue weighted by Gasteiger charge is 2.43. The van der Waals surface area contributed by atoms with Crippen LogP contribution in [0.1, 0.15) is 95.9 Å². The van der Waals surface area contributed by atoms with Crippen molar-refractivity contribution in [3.8, 4) is 0 Å². The third-order valence-electron chi connectivity index (χ3n) is 6.47. The van der Waals surface area contributed by atoms with Crippen LogP contribution in [0.15, 0.2) is 0 Å². The van der Waals surface area contributed by atoms with Crippen molar-refractivity contribution >= 4 is 36.3 Å². The van der Waals surface area contributed by atoms with Crippen molar-refractivity contribution in [3.05, 3.63) is 0 Å². The number of carboxylic acid groups (broad SMARTS) is 2. The van der Waals surface area contributed by atoms with Crippen LogP contribution in [0, 0.1) is 11.8 Å². The van der Waals surface area contributed by atoms with Crippen LogP contribution >= 0.6 is 0 Å². The second kappa shape index (κ2) is 16.4. The smallest absolute Gasteiger partial charge is 0.411 e. The highest BCUT2D eigenvalue weighted by atomic mass is 16.6. The first-order chi connectivity index (χ1) is 21.6. The Bertz CT molecular complexity index is 1070. The normalized spacial score (nSPS) is 21.3. The molecule has 0 aromatic heterocycles. The van der Waals surface area contributed by atoms with Gasteiger partial charge < -0.3 is 39.8 Å². The van der Waals surface area contributed by atoms with Gasteiger partial charge in [-0.15, -0.1) is 0 Å². The van der Waals surface area contributed by atoms with Gasteiger partial charge in [0.2, 0.25) is 0 Å². The van der Waals surface area contributed by atoms with E-state index >= 15 is 0 Å². The summed E-state index contributed by atoms with van der Waals surface area (Å²) in [7, 11) is 0. The summed E-state index contributed by atoms with van der Waals surface area (Å²) in [6, 6.07) is -1.91. The summed E-state index contributed by atoms with van der Waals surface area (Å²) in [4.78, 5) is 72.9. The molecule has 2 rings (SSSR count). The lowest BCUT2D eigenvalue weighted by molar-refractivity contribution is -0.142. The number of aliphatic carboxylic acids is 2. The number of nitrogens with zero attached hydrogens (tertiary/aromatic N) is 2. The van der Waals surface area contributed by atoms with Gasteiger partial charge in [-0.05, 0) is 108 Å². The van der Waals surface area contributed by atoms with Gasteiger partial charge in [-0.2, -0.15) is 0 Å². The molecule has 4 amide bonds. The van der Waals surface area contributed by atoms with Gasteiger partial charge in [0.05, 0.1) is 0 Å². The molecule has 0 bridgehead atoms. The van der Waals surface area contributed by atoms with E-state index in [1.165, 1.54) is 9.80 Å². The number of carbonyl (C=O) groups excluding carboxylic acids is 4. The molecule has 0 aromatic carbocycles. The molecule has 16 heteroatoms. The minimum absolute atomic E-state index is 0.175. The molecule has 0 spiro atoms. The van der Waals surface area contributed by atoms with E-state index < -0.39 is 70.8 Å². The van der Waals surface area contributed by atoms with Gasteiger partial charge in [0.1, 0.15) is 34.5 Å². The lowest BCUT2D eigenvalue weighted by Gasteiger charge is -2.26. The zero-order valence-corrected chi connectivity index (χ0v) is 30.4. The van der Waals surface area contributed by atoms with Gasteiger partial charge in [-0.3, -0.25) is 9.80 Å². The maximum absolute atomic E-state index is 12.2. The Morgan fingerprint density at radius 2 is 0.812 bits per heavy atom. The van der Waals surface area contributed by atoms with Crippen molar-refractivity contribution in [1.82, 2.24) is 20.4 Å². The van der Waals surface area contributed by atoms with Crippen LogP contribution in [0.4, 0.5) is 19.2 Å². The third kappa shape index (κ3) is 16.2. The van der Waals surface area contributed by atoms with Crippen molar-refractivity contribution < 1.29 is 57.9 Å².